The van der Waals surface area contributed by atoms with Crippen molar-refractivity contribution in [3.8, 4) is 0 Å². The van der Waals surface area contributed by atoms with Crippen molar-refractivity contribution in [1.29, 1.82) is 0 Å². The first-order valence-corrected chi connectivity index (χ1v) is 5.41. The van der Waals surface area contributed by atoms with E-state index in [9.17, 15) is 4.79 Å². The van der Waals surface area contributed by atoms with E-state index in [0.29, 0.717) is 5.69 Å². The molecular formula is C10H17N5O. The molecule has 1 fully saturated rings. The average molecular weight is 223 g/mol. The highest BCUT2D eigenvalue weighted by Crippen LogP contribution is 2.25. The number of nitrogens with zero attached hydrogens (tertiary/aromatic N) is 3. The third-order valence-corrected chi connectivity index (χ3v) is 3.03. The van der Waals surface area contributed by atoms with Gasteiger partial charge >= 0.3 is 0 Å². The van der Waals surface area contributed by atoms with E-state index in [1.165, 1.54) is 0 Å². The van der Waals surface area contributed by atoms with Crippen LogP contribution in [0.5, 0.6) is 0 Å². The number of hydrogen-bond donors (Lipinski definition) is 2. The van der Waals surface area contributed by atoms with Crippen LogP contribution < -0.4 is 16.4 Å². The van der Waals surface area contributed by atoms with Crippen molar-refractivity contribution in [3.63, 3.8) is 0 Å². The first-order chi connectivity index (χ1) is 7.58. The molecule has 1 aliphatic heterocycles. The highest BCUT2D eigenvalue weighted by molar-refractivity contribution is 5.77. The third-order valence-electron chi connectivity index (χ3n) is 3.03. The minimum absolute atomic E-state index is 0.00110. The third kappa shape index (κ3) is 1.95. The van der Waals surface area contributed by atoms with E-state index in [1.54, 1.807) is 10.9 Å². The maximum atomic E-state index is 11.0. The van der Waals surface area contributed by atoms with Crippen LogP contribution in [0.4, 0.5) is 11.5 Å². The number of hydrogen-bond acceptors (Lipinski definition) is 4. The molecule has 1 aromatic rings. The molecule has 4 N–H and O–H groups in total. The van der Waals surface area contributed by atoms with Gasteiger partial charge in [-0.05, 0) is 12.8 Å². The molecule has 0 aliphatic carbocycles. The highest BCUT2D eigenvalue weighted by atomic mass is 16.1. The number of piperidine rings is 1. The van der Waals surface area contributed by atoms with Crippen molar-refractivity contribution >= 4 is 17.4 Å². The summed E-state index contributed by atoms with van der Waals surface area (Å²) >= 11 is 0. The molecule has 0 unspecified atom stereocenters. The van der Waals surface area contributed by atoms with Gasteiger partial charge in [0.1, 0.15) is 0 Å². The number of rotatable bonds is 2. The quantitative estimate of drug-likeness (QED) is 0.720. The smallest absolute Gasteiger partial charge is 0.220 e. The van der Waals surface area contributed by atoms with Crippen LogP contribution in [0.15, 0.2) is 6.20 Å². The lowest BCUT2D eigenvalue weighted by molar-refractivity contribution is -0.122. The van der Waals surface area contributed by atoms with Crippen molar-refractivity contribution in [2.75, 3.05) is 23.7 Å². The van der Waals surface area contributed by atoms with Gasteiger partial charge in [-0.2, -0.15) is 5.10 Å². The van der Waals surface area contributed by atoms with Gasteiger partial charge in [-0.25, -0.2) is 0 Å². The lowest BCUT2D eigenvalue weighted by atomic mass is 9.96. The zero-order valence-corrected chi connectivity index (χ0v) is 9.39. The number of carbonyl (C=O) groups is 1. The van der Waals surface area contributed by atoms with Crippen LogP contribution in [0.2, 0.25) is 0 Å². The van der Waals surface area contributed by atoms with Crippen molar-refractivity contribution in [3.05, 3.63) is 6.20 Å². The van der Waals surface area contributed by atoms with Gasteiger partial charge in [-0.3, -0.25) is 9.48 Å². The van der Waals surface area contributed by atoms with Crippen LogP contribution in [-0.2, 0) is 11.8 Å². The van der Waals surface area contributed by atoms with Gasteiger partial charge in [0, 0.05) is 32.3 Å². The minimum atomic E-state index is -0.200. The van der Waals surface area contributed by atoms with Gasteiger partial charge in [0.25, 0.3) is 0 Å². The maximum absolute atomic E-state index is 11.0. The SMILES string of the molecule is Cn1cc(N)c(N2CCC(C(N)=O)CC2)n1. The Morgan fingerprint density at radius 2 is 2.12 bits per heavy atom. The molecule has 0 spiro atoms. The standard InChI is InChI=1S/C10H17N5O/c1-14-6-8(11)10(13-14)15-4-2-7(3-5-15)9(12)16/h6-7H,2-5,11H2,1H3,(H2,12,16). The van der Waals surface area contributed by atoms with Crippen molar-refractivity contribution in [2.45, 2.75) is 12.8 Å². The molecule has 2 heterocycles. The Bertz CT molecular complexity index is 392. The van der Waals surface area contributed by atoms with Crippen LogP contribution in [0.1, 0.15) is 12.8 Å². The molecule has 1 amide bonds. The number of anilines is 2. The summed E-state index contributed by atoms with van der Waals surface area (Å²) in [5.74, 6) is 0.611. The number of carbonyl (C=O) groups excluding carboxylic acids is 1. The summed E-state index contributed by atoms with van der Waals surface area (Å²) in [4.78, 5) is 13.1. The van der Waals surface area contributed by atoms with Crippen LogP contribution >= 0.6 is 0 Å². The normalized spacial score (nSPS) is 17.7. The molecule has 1 aliphatic rings. The molecule has 1 saturated heterocycles. The Balaban J connectivity index is 2.04. The zero-order chi connectivity index (χ0) is 11.7. The van der Waals surface area contributed by atoms with E-state index in [1.807, 2.05) is 7.05 Å². The monoisotopic (exact) mass is 223 g/mol. The number of nitrogen functional groups attached to an aromatic ring is 1. The van der Waals surface area contributed by atoms with Gasteiger partial charge in [0.05, 0.1) is 5.69 Å². The number of amides is 1. The molecule has 0 radical (unpaired) electrons. The largest absolute Gasteiger partial charge is 0.394 e. The number of aryl methyl sites for hydroxylation is 1. The molecule has 6 nitrogen and oxygen atoms in total. The highest BCUT2D eigenvalue weighted by Gasteiger charge is 2.25. The van der Waals surface area contributed by atoms with Gasteiger partial charge in [0.2, 0.25) is 5.91 Å². The number of nitrogens with two attached hydrogens (primary N) is 2. The molecule has 6 heteroatoms. The molecule has 16 heavy (non-hydrogen) atoms. The van der Waals surface area contributed by atoms with Crippen molar-refractivity contribution in [1.82, 2.24) is 9.78 Å². The van der Waals surface area contributed by atoms with Crippen molar-refractivity contribution in [2.24, 2.45) is 18.7 Å². The Kier molecular flexibility index (Phi) is 2.72. The Morgan fingerprint density at radius 3 is 2.56 bits per heavy atom. The van der Waals surface area contributed by atoms with E-state index in [2.05, 4.69) is 10.00 Å². The van der Waals surface area contributed by atoms with Crippen LogP contribution in [0.3, 0.4) is 0 Å². The Hall–Kier alpha value is -1.72. The van der Waals surface area contributed by atoms with E-state index >= 15 is 0 Å². The first-order valence-electron chi connectivity index (χ1n) is 5.41. The molecular weight excluding hydrogens is 206 g/mol. The van der Waals surface area contributed by atoms with Gasteiger partial charge in [-0.15, -0.1) is 0 Å². The zero-order valence-electron chi connectivity index (χ0n) is 9.39. The molecule has 2 rings (SSSR count). The summed E-state index contributed by atoms with van der Waals surface area (Å²) in [7, 11) is 1.84. The number of aromatic nitrogens is 2. The fourth-order valence-corrected chi connectivity index (χ4v) is 2.12. The topological polar surface area (TPSA) is 90.2 Å². The van der Waals surface area contributed by atoms with Gasteiger partial charge in [-0.1, -0.05) is 0 Å². The van der Waals surface area contributed by atoms with Gasteiger partial charge < -0.3 is 16.4 Å². The fraction of sp³-hybridized carbons (Fsp3) is 0.600. The summed E-state index contributed by atoms with van der Waals surface area (Å²) in [5, 5.41) is 4.31. The van der Waals surface area contributed by atoms with Crippen LogP contribution in [0.25, 0.3) is 0 Å². The summed E-state index contributed by atoms with van der Waals surface area (Å²) in [6.45, 7) is 1.57. The summed E-state index contributed by atoms with van der Waals surface area (Å²) in [5.41, 5.74) is 11.8. The average Bonchev–Trinajstić information content (AvgIpc) is 2.58. The predicted molar refractivity (Wildman–Crippen MR) is 61.8 cm³/mol. The van der Waals surface area contributed by atoms with Crippen molar-refractivity contribution < 1.29 is 4.79 Å². The van der Waals surface area contributed by atoms with E-state index in [0.717, 1.165) is 31.7 Å². The summed E-state index contributed by atoms with van der Waals surface area (Å²) in [6, 6.07) is 0. The predicted octanol–water partition coefficient (Wildman–Crippen LogP) is -0.296. The van der Waals surface area contributed by atoms with E-state index < -0.39 is 0 Å². The second-order valence-electron chi connectivity index (χ2n) is 4.25. The maximum Gasteiger partial charge on any atom is 0.220 e. The first kappa shape index (κ1) is 10.8. The number of primary amides is 1. The summed E-state index contributed by atoms with van der Waals surface area (Å²) in [6.07, 6.45) is 3.35. The molecule has 0 aromatic carbocycles. The van der Waals surface area contributed by atoms with E-state index in [-0.39, 0.29) is 11.8 Å². The molecule has 88 valence electrons. The van der Waals surface area contributed by atoms with Crippen LogP contribution in [0, 0.1) is 5.92 Å². The Labute approximate surface area is 94.2 Å². The Morgan fingerprint density at radius 1 is 1.50 bits per heavy atom. The molecule has 1 aromatic heterocycles. The second-order valence-corrected chi connectivity index (χ2v) is 4.25. The lowest BCUT2D eigenvalue weighted by Crippen LogP contribution is -2.39. The van der Waals surface area contributed by atoms with Gasteiger partial charge in [0.15, 0.2) is 5.82 Å². The molecule has 0 atom stereocenters. The summed E-state index contributed by atoms with van der Waals surface area (Å²) < 4.78 is 1.70. The van der Waals surface area contributed by atoms with Crippen LogP contribution in [-0.4, -0.2) is 28.8 Å². The minimum Gasteiger partial charge on any atom is -0.394 e. The lowest BCUT2D eigenvalue weighted by Gasteiger charge is -2.30. The second kappa shape index (κ2) is 4.03. The fourth-order valence-electron chi connectivity index (χ4n) is 2.12. The molecule has 0 saturated carbocycles. The molecule has 0 bridgehead atoms. The van der Waals surface area contributed by atoms with E-state index in [4.69, 9.17) is 11.5 Å².